The predicted octanol–water partition coefficient (Wildman–Crippen LogP) is 3.86. The summed E-state index contributed by atoms with van der Waals surface area (Å²) in [5.74, 6) is 0.985. The van der Waals surface area contributed by atoms with Crippen molar-refractivity contribution >= 4 is 17.4 Å². The maximum atomic E-state index is 5.94. The van der Waals surface area contributed by atoms with Gasteiger partial charge in [-0.25, -0.2) is 0 Å². The molecule has 5 heteroatoms. The zero-order valence-electron chi connectivity index (χ0n) is 13.9. The van der Waals surface area contributed by atoms with Gasteiger partial charge in [0, 0.05) is 42.8 Å². The van der Waals surface area contributed by atoms with Crippen LogP contribution < -0.4 is 4.90 Å². The maximum absolute atomic E-state index is 5.94. The highest BCUT2D eigenvalue weighted by Gasteiger charge is 2.26. The van der Waals surface area contributed by atoms with Crippen LogP contribution in [0.25, 0.3) is 11.3 Å². The van der Waals surface area contributed by atoms with Crippen molar-refractivity contribution in [1.29, 1.82) is 0 Å². The van der Waals surface area contributed by atoms with Crippen LogP contribution >= 0.6 is 11.6 Å². The second-order valence-electron chi connectivity index (χ2n) is 6.74. The van der Waals surface area contributed by atoms with Gasteiger partial charge in [0.25, 0.3) is 0 Å². The molecule has 1 aromatic carbocycles. The first kappa shape index (κ1) is 15.9. The molecule has 4 nitrogen and oxygen atoms in total. The minimum Gasteiger partial charge on any atom is -0.353 e. The van der Waals surface area contributed by atoms with E-state index in [2.05, 4.69) is 32.1 Å². The van der Waals surface area contributed by atoms with Gasteiger partial charge in [0.05, 0.1) is 5.69 Å². The number of aromatic nitrogens is 2. The molecule has 4 rings (SSSR count). The van der Waals surface area contributed by atoms with Crippen molar-refractivity contribution in [3.8, 4) is 11.3 Å². The molecule has 1 aliphatic heterocycles. The third kappa shape index (κ3) is 3.40. The van der Waals surface area contributed by atoms with E-state index in [9.17, 15) is 0 Å². The lowest BCUT2D eigenvalue weighted by atomic mass is 10.1. The van der Waals surface area contributed by atoms with Crippen molar-refractivity contribution in [3.05, 3.63) is 41.4 Å². The summed E-state index contributed by atoms with van der Waals surface area (Å²) < 4.78 is 0. The highest BCUT2D eigenvalue weighted by Crippen LogP contribution is 2.25. The Morgan fingerprint density at radius 2 is 1.54 bits per heavy atom. The fourth-order valence-electron chi connectivity index (χ4n) is 3.85. The Morgan fingerprint density at radius 3 is 2.17 bits per heavy atom. The van der Waals surface area contributed by atoms with Crippen LogP contribution in [0.4, 0.5) is 5.82 Å². The average molecular weight is 343 g/mol. The van der Waals surface area contributed by atoms with E-state index in [4.69, 9.17) is 11.6 Å². The highest BCUT2D eigenvalue weighted by atomic mass is 35.5. The molecule has 0 unspecified atom stereocenters. The molecule has 0 radical (unpaired) electrons. The molecular formula is C19H23ClN4. The van der Waals surface area contributed by atoms with Crippen LogP contribution in [0.15, 0.2) is 36.4 Å². The van der Waals surface area contributed by atoms with Gasteiger partial charge in [-0.2, -0.15) is 0 Å². The lowest BCUT2D eigenvalue weighted by molar-refractivity contribution is 0.187. The zero-order chi connectivity index (χ0) is 16.4. The second kappa shape index (κ2) is 7.08. The third-order valence-electron chi connectivity index (χ3n) is 5.27. The van der Waals surface area contributed by atoms with E-state index in [-0.39, 0.29) is 0 Å². The normalized spacial score (nSPS) is 19.8. The Morgan fingerprint density at radius 1 is 0.833 bits per heavy atom. The van der Waals surface area contributed by atoms with Crippen molar-refractivity contribution in [3.63, 3.8) is 0 Å². The third-order valence-corrected chi connectivity index (χ3v) is 5.52. The van der Waals surface area contributed by atoms with Gasteiger partial charge in [0.2, 0.25) is 0 Å². The predicted molar refractivity (Wildman–Crippen MR) is 98.5 cm³/mol. The number of anilines is 1. The summed E-state index contributed by atoms with van der Waals surface area (Å²) in [7, 11) is 0. The van der Waals surface area contributed by atoms with Crippen molar-refractivity contribution in [2.45, 2.75) is 31.7 Å². The van der Waals surface area contributed by atoms with Gasteiger partial charge in [-0.3, -0.25) is 4.90 Å². The zero-order valence-corrected chi connectivity index (χ0v) is 14.6. The Balaban J connectivity index is 1.39. The Labute approximate surface area is 148 Å². The topological polar surface area (TPSA) is 32.3 Å². The summed E-state index contributed by atoms with van der Waals surface area (Å²) in [6.07, 6.45) is 5.58. The smallest absolute Gasteiger partial charge is 0.151 e. The highest BCUT2D eigenvalue weighted by molar-refractivity contribution is 6.30. The molecule has 1 saturated carbocycles. The molecule has 0 bridgehead atoms. The molecule has 126 valence electrons. The molecule has 0 amide bonds. The minimum absolute atomic E-state index is 0.739. The molecule has 2 fully saturated rings. The van der Waals surface area contributed by atoms with Crippen molar-refractivity contribution in [2.75, 3.05) is 31.1 Å². The summed E-state index contributed by atoms with van der Waals surface area (Å²) in [5.41, 5.74) is 1.93. The summed E-state index contributed by atoms with van der Waals surface area (Å²) >= 11 is 5.94. The summed E-state index contributed by atoms with van der Waals surface area (Å²) in [6.45, 7) is 4.38. The number of nitrogens with zero attached hydrogens (tertiary/aromatic N) is 4. The Bertz CT molecular complexity index is 657. The minimum atomic E-state index is 0.739. The number of halogens is 1. The number of rotatable bonds is 3. The van der Waals surface area contributed by atoms with Gasteiger partial charge in [-0.15, -0.1) is 10.2 Å². The molecule has 0 spiro atoms. The van der Waals surface area contributed by atoms with Crippen LogP contribution in [-0.4, -0.2) is 47.3 Å². The van der Waals surface area contributed by atoms with Gasteiger partial charge < -0.3 is 4.90 Å². The SMILES string of the molecule is Clc1ccc(-c2ccc(N3CCN(C4CCCC4)CC3)nn2)cc1. The summed E-state index contributed by atoms with van der Waals surface area (Å²) in [4.78, 5) is 5.02. The maximum Gasteiger partial charge on any atom is 0.151 e. The van der Waals surface area contributed by atoms with Gasteiger partial charge in [-0.1, -0.05) is 36.6 Å². The molecule has 0 N–H and O–H groups in total. The fourth-order valence-corrected chi connectivity index (χ4v) is 3.98. The lowest BCUT2D eigenvalue weighted by Crippen LogP contribution is -2.50. The van der Waals surface area contributed by atoms with Gasteiger partial charge in [0.1, 0.15) is 0 Å². The first-order valence-electron chi connectivity index (χ1n) is 8.88. The summed E-state index contributed by atoms with van der Waals surface area (Å²) in [6, 6.07) is 12.7. The lowest BCUT2D eigenvalue weighted by Gasteiger charge is -2.38. The number of piperazine rings is 1. The number of benzene rings is 1. The quantitative estimate of drug-likeness (QED) is 0.847. The van der Waals surface area contributed by atoms with E-state index < -0.39 is 0 Å². The second-order valence-corrected chi connectivity index (χ2v) is 7.18. The first-order valence-corrected chi connectivity index (χ1v) is 9.26. The van der Waals surface area contributed by atoms with E-state index in [1.54, 1.807) is 0 Å². The molecule has 0 atom stereocenters. The van der Waals surface area contributed by atoms with E-state index >= 15 is 0 Å². The van der Waals surface area contributed by atoms with Gasteiger partial charge in [-0.05, 0) is 37.1 Å². The molecule has 2 heterocycles. The van der Waals surface area contributed by atoms with Gasteiger partial charge in [0.15, 0.2) is 5.82 Å². The Kier molecular flexibility index (Phi) is 4.67. The number of hydrogen-bond donors (Lipinski definition) is 0. The molecule has 2 aromatic rings. The number of hydrogen-bond acceptors (Lipinski definition) is 4. The van der Waals surface area contributed by atoms with E-state index in [0.29, 0.717) is 0 Å². The fraction of sp³-hybridized carbons (Fsp3) is 0.474. The van der Waals surface area contributed by atoms with Gasteiger partial charge >= 0.3 is 0 Å². The molecule has 1 aliphatic carbocycles. The van der Waals surface area contributed by atoms with E-state index in [0.717, 1.165) is 54.3 Å². The van der Waals surface area contributed by atoms with E-state index in [1.807, 2.05) is 24.3 Å². The molecular weight excluding hydrogens is 320 g/mol. The van der Waals surface area contributed by atoms with Crippen LogP contribution in [0, 0.1) is 0 Å². The van der Waals surface area contributed by atoms with Crippen LogP contribution in [-0.2, 0) is 0 Å². The monoisotopic (exact) mass is 342 g/mol. The van der Waals surface area contributed by atoms with E-state index in [1.165, 1.54) is 25.7 Å². The molecule has 1 aromatic heterocycles. The average Bonchev–Trinajstić information content (AvgIpc) is 3.17. The van der Waals surface area contributed by atoms with Crippen LogP contribution in [0.3, 0.4) is 0 Å². The van der Waals surface area contributed by atoms with Crippen molar-refractivity contribution in [2.24, 2.45) is 0 Å². The van der Waals surface area contributed by atoms with Crippen molar-refractivity contribution < 1.29 is 0 Å². The molecule has 2 aliphatic rings. The molecule has 24 heavy (non-hydrogen) atoms. The molecule has 1 saturated heterocycles. The van der Waals surface area contributed by atoms with Crippen molar-refractivity contribution in [1.82, 2.24) is 15.1 Å². The van der Waals surface area contributed by atoms with Crippen LogP contribution in [0.2, 0.25) is 5.02 Å². The van der Waals surface area contributed by atoms with Crippen LogP contribution in [0.5, 0.6) is 0 Å². The van der Waals surface area contributed by atoms with Crippen LogP contribution in [0.1, 0.15) is 25.7 Å². The standard InChI is InChI=1S/C19H23ClN4/c20-16-7-5-15(6-8-16)18-9-10-19(22-21-18)24-13-11-23(12-14-24)17-3-1-2-4-17/h5-10,17H,1-4,11-14H2. The summed E-state index contributed by atoms with van der Waals surface area (Å²) in [5, 5.41) is 9.59. The largest absolute Gasteiger partial charge is 0.353 e. The Hall–Kier alpha value is -1.65. The first-order chi connectivity index (χ1) is 11.8.